The number of anilines is 1. The molecule has 7 heteroatoms. The van der Waals surface area contributed by atoms with Crippen molar-refractivity contribution in [3.8, 4) is 0 Å². The van der Waals surface area contributed by atoms with Gasteiger partial charge >= 0.3 is 0 Å². The van der Waals surface area contributed by atoms with Gasteiger partial charge < -0.3 is 14.8 Å². The molecule has 2 amide bonds. The number of imidazole rings is 1. The number of nitrogens with zero attached hydrogens (tertiary/aromatic N) is 3. The van der Waals surface area contributed by atoms with E-state index in [0.717, 1.165) is 27.0 Å². The molecule has 6 nitrogen and oxygen atoms in total. The van der Waals surface area contributed by atoms with Gasteiger partial charge in [0.1, 0.15) is 5.82 Å². The van der Waals surface area contributed by atoms with Crippen LogP contribution in [0.4, 0.5) is 5.69 Å². The molecule has 1 aromatic heterocycles. The Bertz CT molecular complexity index is 983. The molecule has 138 valence electrons. The second kappa shape index (κ2) is 7.15. The molecule has 0 spiro atoms. The van der Waals surface area contributed by atoms with E-state index >= 15 is 0 Å². The fraction of sp³-hybridized carbons (Fsp3) is 0.250. The smallest absolute Gasteiger partial charge is 0.228 e. The molecule has 27 heavy (non-hydrogen) atoms. The number of hydrogen-bond acceptors (Lipinski definition) is 3. The number of amides is 2. The summed E-state index contributed by atoms with van der Waals surface area (Å²) in [4.78, 5) is 36.3. The summed E-state index contributed by atoms with van der Waals surface area (Å²) in [5.74, 6) is 0.330. The van der Waals surface area contributed by atoms with Crippen LogP contribution in [-0.4, -0.2) is 40.3 Å². The van der Waals surface area contributed by atoms with Gasteiger partial charge in [0.15, 0.2) is 0 Å². The molecule has 1 N–H and O–H groups in total. The minimum atomic E-state index is -0.342. The summed E-state index contributed by atoms with van der Waals surface area (Å²) in [5, 5.41) is 0. The fourth-order valence-electron chi connectivity index (χ4n) is 3.46. The monoisotopic (exact) mass is 426 g/mol. The second-order valence-electron chi connectivity index (χ2n) is 6.78. The summed E-state index contributed by atoms with van der Waals surface area (Å²) in [6.45, 7) is 0.785. The highest BCUT2D eigenvalue weighted by Crippen LogP contribution is 2.28. The summed E-state index contributed by atoms with van der Waals surface area (Å²) in [6.07, 6.45) is 0.232. The molecule has 0 unspecified atom stereocenters. The predicted octanol–water partition coefficient (Wildman–Crippen LogP) is 3.34. The third-order valence-corrected chi connectivity index (χ3v) is 5.29. The Hall–Kier alpha value is -2.67. The van der Waals surface area contributed by atoms with Gasteiger partial charge in [-0.2, -0.15) is 0 Å². The normalized spacial score (nSPS) is 16.9. The predicted molar refractivity (Wildman–Crippen MR) is 107 cm³/mol. The Morgan fingerprint density at radius 1 is 1.30 bits per heavy atom. The van der Waals surface area contributed by atoms with Gasteiger partial charge in [-0.3, -0.25) is 9.59 Å². The molecule has 1 aliphatic rings. The van der Waals surface area contributed by atoms with Crippen LogP contribution in [0.15, 0.2) is 53.0 Å². The van der Waals surface area contributed by atoms with Crippen molar-refractivity contribution in [1.29, 1.82) is 0 Å². The molecule has 0 saturated carbocycles. The summed E-state index contributed by atoms with van der Waals surface area (Å²) < 4.78 is 0.907. The van der Waals surface area contributed by atoms with Crippen LogP contribution in [0.25, 0.3) is 11.0 Å². The van der Waals surface area contributed by atoms with Crippen molar-refractivity contribution < 1.29 is 9.59 Å². The Morgan fingerprint density at radius 3 is 2.89 bits per heavy atom. The lowest BCUT2D eigenvalue weighted by atomic mass is 10.1. The van der Waals surface area contributed by atoms with Crippen molar-refractivity contribution in [3.05, 3.63) is 58.8 Å². The number of benzene rings is 2. The van der Waals surface area contributed by atoms with Crippen molar-refractivity contribution in [2.24, 2.45) is 5.92 Å². The first-order valence-corrected chi connectivity index (χ1v) is 9.55. The van der Waals surface area contributed by atoms with Crippen LogP contribution in [0.5, 0.6) is 0 Å². The Morgan fingerprint density at radius 2 is 2.11 bits per heavy atom. The lowest BCUT2D eigenvalue weighted by molar-refractivity contribution is -0.135. The molecule has 3 aromatic rings. The first-order chi connectivity index (χ1) is 13.0. The van der Waals surface area contributed by atoms with E-state index in [4.69, 9.17) is 0 Å². The number of para-hydroxylation sites is 2. The number of aromatic amines is 1. The van der Waals surface area contributed by atoms with E-state index in [9.17, 15) is 9.59 Å². The number of hydrogen-bond donors (Lipinski definition) is 1. The molecule has 2 heterocycles. The molecule has 1 aliphatic heterocycles. The minimum absolute atomic E-state index is 0.0245. The molecule has 0 aliphatic carbocycles. The average molecular weight is 427 g/mol. The summed E-state index contributed by atoms with van der Waals surface area (Å²) in [6, 6.07) is 15.3. The molecule has 2 aromatic carbocycles. The van der Waals surface area contributed by atoms with Crippen LogP contribution < -0.4 is 4.90 Å². The van der Waals surface area contributed by atoms with Crippen molar-refractivity contribution in [1.82, 2.24) is 14.9 Å². The zero-order chi connectivity index (χ0) is 19.0. The van der Waals surface area contributed by atoms with E-state index in [1.807, 2.05) is 48.5 Å². The van der Waals surface area contributed by atoms with Gasteiger partial charge in [-0.15, -0.1) is 0 Å². The quantitative estimate of drug-likeness (QED) is 0.695. The van der Waals surface area contributed by atoms with Crippen molar-refractivity contribution in [2.75, 3.05) is 18.5 Å². The molecule has 4 rings (SSSR count). The van der Waals surface area contributed by atoms with Gasteiger partial charge in [0, 0.05) is 30.2 Å². The van der Waals surface area contributed by atoms with E-state index < -0.39 is 0 Å². The SMILES string of the molecule is CN(Cc1nc2ccccc2[nH]1)C(=O)[C@H]1CC(=O)N(c2cccc(Br)c2)C1. The van der Waals surface area contributed by atoms with E-state index in [1.54, 1.807) is 16.8 Å². The van der Waals surface area contributed by atoms with E-state index in [2.05, 4.69) is 25.9 Å². The highest BCUT2D eigenvalue weighted by Gasteiger charge is 2.36. The topological polar surface area (TPSA) is 69.3 Å². The maximum atomic E-state index is 12.9. The molecule has 1 fully saturated rings. The third kappa shape index (κ3) is 3.60. The number of nitrogens with one attached hydrogen (secondary N) is 1. The molecule has 1 atom stereocenters. The summed E-state index contributed by atoms with van der Waals surface area (Å²) in [5.41, 5.74) is 2.64. The van der Waals surface area contributed by atoms with Crippen molar-refractivity contribution in [2.45, 2.75) is 13.0 Å². The fourth-order valence-corrected chi connectivity index (χ4v) is 3.85. The second-order valence-corrected chi connectivity index (χ2v) is 7.70. The number of carbonyl (C=O) groups is 2. The number of halogens is 1. The van der Waals surface area contributed by atoms with Crippen molar-refractivity contribution in [3.63, 3.8) is 0 Å². The average Bonchev–Trinajstić information content (AvgIpc) is 3.23. The van der Waals surface area contributed by atoms with Crippen LogP contribution in [0.2, 0.25) is 0 Å². The van der Waals surface area contributed by atoms with E-state index in [-0.39, 0.29) is 24.2 Å². The minimum Gasteiger partial charge on any atom is -0.340 e. The third-order valence-electron chi connectivity index (χ3n) is 4.80. The van der Waals surface area contributed by atoms with E-state index in [1.165, 1.54) is 0 Å². The van der Waals surface area contributed by atoms with Gasteiger partial charge in [0.2, 0.25) is 11.8 Å². The summed E-state index contributed by atoms with van der Waals surface area (Å²) in [7, 11) is 1.75. The molecule has 0 bridgehead atoms. The van der Waals surface area contributed by atoms with Gasteiger partial charge in [0.25, 0.3) is 0 Å². The van der Waals surface area contributed by atoms with Gasteiger partial charge in [-0.05, 0) is 30.3 Å². The van der Waals surface area contributed by atoms with Gasteiger partial charge in [-0.1, -0.05) is 34.1 Å². The zero-order valence-corrected chi connectivity index (χ0v) is 16.4. The molecule has 0 radical (unpaired) electrons. The van der Waals surface area contributed by atoms with Crippen LogP contribution in [0.3, 0.4) is 0 Å². The largest absolute Gasteiger partial charge is 0.340 e. The first-order valence-electron chi connectivity index (χ1n) is 8.76. The summed E-state index contributed by atoms with van der Waals surface area (Å²) >= 11 is 3.42. The lowest BCUT2D eigenvalue weighted by Crippen LogP contribution is -2.34. The number of aromatic nitrogens is 2. The van der Waals surface area contributed by atoms with Gasteiger partial charge in [0.05, 0.1) is 23.5 Å². The van der Waals surface area contributed by atoms with Gasteiger partial charge in [-0.25, -0.2) is 4.98 Å². The Balaban J connectivity index is 1.45. The molecular formula is C20H19BrN4O2. The maximum absolute atomic E-state index is 12.9. The number of rotatable bonds is 4. The zero-order valence-electron chi connectivity index (χ0n) is 14.9. The van der Waals surface area contributed by atoms with Crippen molar-refractivity contribution >= 4 is 44.5 Å². The van der Waals surface area contributed by atoms with Crippen LogP contribution >= 0.6 is 15.9 Å². The number of carbonyl (C=O) groups excluding carboxylic acids is 2. The number of H-pyrrole nitrogens is 1. The highest BCUT2D eigenvalue weighted by molar-refractivity contribution is 9.10. The molecular weight excluding hydrogens is 408 g/mol. The maximum Gasteiger partial charge on any atom is 0.228 e. The first kappa shape index (κ1) is 17.7. The Labute approximate surface area is 165 Å². The standard InChI is InChI=1S/C20H19BrN4O2/c1-24(12-18-22-16-7-2-3-8-17(16)23-18)20(27)13-9-19(26)25(11-13)15-6-4-5-14(21)10-15/h2-8,10,13H,9,11-12H2,1H3,(H,22,23)/t13-/m0/s1. The van der Waals surface area contributed by atoms with Crippen LogP contribution in [-0.2, 0) is 16.1 Å². The highest BCUT2D eigenvalue weighted by atomic mass is 79.9. The Kier molecular flexibility index (Phi) is 4.70. The van der Waals surface area contributed by atoms with Crippen LogP contribution in [0.1, 0.15) is 12.2 Å². The molecule has 1 saturated heterocycles. The number of fused-ring (bicyclic) bond motifs is 1. The lowest BCUT2D eigenvalue weighted by Gasteiger charge is -2.21. The van der Waals surface area contributed by atoms with Crippen LogP contribution in [0, 0.1) is 5.92 Å². The van der Waals surface area contributed by atoms with E-state index in [0.29, 0.717) is 13.1 Å².